The first-order valence-corrected chi connectivity index (χ1v) is 4.75. The van der Waals surface area contributed by atoms with Crippen LogP contribution in [-0.2, 0) is 4.79 Å². The fraction of sp³-hybridized carbons (Fsp3) is 0.889. The minimum atomic E-state index is 0.251. The summed E-state index contributed by atoms with van der Waals surface area (Å²) in [6.07, 6.45) is 2.13. The molecule has 12 heavy (non-hydrogen) atoms. The highest BCUT2D eigenvalue weighted by Crippen LogP contribution is 2.02. The van der Waals surface area contributed by atoms with E-state index in [4.69, 9.17) is 0 Å². The summed E-state index contributed by atoms with van der Waals surface area (Å²) in [6, 6.07) is 0.482. The van der Waals surface area contributed by atoms with Crippen molar-refractivity contribution < 1.29 is 4.79 Å². The Morgan fingerprint density at radius 3 is 3.08 bits per heavy atom. The average Bonchev–Trinajstić information content (AvgIpc) is 2.20. The molecule has 70 valence electrons. The summed E-state index contributed by atoms with van der Waals surface area (Å²) in [6.45, 7) is 6.58. The number of hydrogen-bond donors (Lipinski definition) is 1. The van der Waals surface area contributed by atoms with Gasteiger partial charge in [0.1, 0.15) is 0 Å². The second kappa shape index (κ2) is 4.45. The number of rotatable bonds is 2. The Morgan fingerprint density at radius 2 is 2.42 bits per heavy atom. The summed E-state index contributed by atoms with van der Waals surface area (Å²) in [5.74, 6) is 0.251. The van der Waals surface area contributed by atoms with Crippen LogP contribution in [0.1, 0.15) is 26.7 Å². The second-order valence-electron chi connectivity index (χ2n) is 3.45. The molecule has 0 aromatic rings. The molecule has 1 heterocycles. The van der Waals surface area contributed by atoms with E-state index in [1.807, 2.05) is 4.90 Å². The largest absolute Gasteiger partial charge is 0.342 e. The Labute approximate surface area is 74.1 Å². The maximum atomic E-state index is 11.4. The molecule has 1 aliphatic heterocycles. The van der Waals surface area contributed by atoms with E-state index < -0.39 is 0 Å². The molecule has 0 aromatic carbocycles. The number of amides is 1. The van der Waals surface area contributed by atoms with E-state index in [0.717, 1.165) is 25.9 Å². The predicted octanol–water partition coefficient (Wildman–Crippen LogP) is 0.607. The van der Waals surface area contributed by atoms with E-state index in [2.05, 4.69) is 19.2 Å². The first-order chi connectivity index (χ1) is 5.74. The summed E-state index contributed by atoms with van der Waals surface area (Å²) in [5.41, 5.74) is 0. The topological polar surface area (TPSA) is 32.3 Å². The van der Waals surface area contributed by atoms with Crippen LogP contribution in [0.4, 0.5) is 0 Å². The highest BCUT2D eigenvalue weighted by atomic mass is 16.2. The van der Waals surface area contributed by atoms with Gasteiger partial charge in [-0.15, -0.1) is 0 Å². The zero-order valence-electron chi connectivity index (χ0n) is 7.97. The molecule has 1 aliphatic rings. The van der Waals surface area contributed by atoms with E-state index in [-0.39, 0.29) is 5.91 Å². The van der Waals surface area contributed by atoms with Crippen molar-refractivity contribution in [2.75, 3.05) is 19.6 Å². The minimum absolute atomic E-state index is 0.251. The zero-order valence-corrected chi connectivity index (χ0v) is 7.97. The summed E-state index contributed by atoms with van der Waals surface area (Å²) in [7, 11) is 0. The molecule has 1 rings (SSSR count). The first-order valence-electron chi connectivity index (χ1n) is 4.75. The van der Waals surface area contributed by atoms with E-state index in [0.29, 0.717) is 12.6 Å². The first kappa shape index (κ1) is 9.52. The van der Waals surface area contributed by atoms with Crippen LogP contribution in [0.25, 0.3) is 0 Å². The number of carbonyl (C=O) groups excluding carboxylic acids is 1. The predicted molar refractivity (Wildman–Crippen MR) is 49.0 cm³/mol. The Kier molecular flexibility index (Phi) is 3.53. The van der Waals surface area contributed by atoms with Gasteiger partial charge in [-0.1, -0.05) is 6.92 Å². The molecule has 3 nitrogen and oxygen atoms in total. The van der Waals surface area contributed by atoms with Crippen molar-refractivity contribution in [3.63, 3.8) is 0 Å². The highest BCUT2D eigenvalue weighted by molar-refractivity contribution is 5.78. The molecule has 0 bridgehead atoms. The fourth-order valence-electron chi connectivity index (χ4n) is 1.46. The Morgan fingerprint density at radius 1 is 1.67 bits per heavy atom. The quantitative estimate of drug-likeness (QED) is 0.658. The van der Waals surface area contributed by atoms with Crippen LogP contribution in [0.2, 0.25) is 0 Å². The van der Waals surface area contributed by atoms with E-state index >= 15 is 0 Å². The van der Waals surface area contributed by atoms with Crippen LogP contribution in [0, 0.1) is 0 Å². The van der Waals surface area contributed by atoms with Crippen LogP contribution < -0.4 is 5.32 Å². The van der Waals surface area contributed by atoms with Crippen molar-refractivity contribution in [2.45, 2.75) is 32.7 Å². The number of nitrogens with zero attached hydrogens (tertiary/aromatic N) is 1. The van der Waals surface area contributed by atoms with Gasteiger partial charge in [0.25, 0.3) is 0 Å². The normalized spacial score (nSPS) is 25.7. The Hall–Kier alpha value is -0.570. The Bertz CT molecular complexity index is 159. The molecular weight excluding hydrogens is 152 g/mol. The average molecular weight is 170 g/mol. The maximum absolute atomic E-state index is 11.4. The standard InChI is InChI=1S/C9H18N2O/c1-3-5-11-6-4-8(2)10-7-9(11)12/h8,10H,3-7H2,1-2H3. The molecule has 0 aromatic heterocycles. The van der Waals surface area contributed by atoms with Crippen LogP contribution in [0.15, 0.2) is 0 Å². The monoisotopic (exact) mass is 170 g/mol. The van der Waals surface area contributed by atoms with E-state index in [9.17, 15) is 4.79 Å². The van der Waals surface area contributed by atoms with Gasteiger partial charge in [-0.05, 0) is 19.8 Å². The van der Waals surface area contributed by atoms with E-state index in [1.165, 1.54) is 0 Å². The third-order valence-corrected chi connectivity index (χ3v) is 2.28. The van der Waals surface area contributed by atoms with Gasteiger partial charge in [0, 0.05) is 19.1 Å². The molecular formula is C9H18N2O. The van der Waals surface area contributed by atoms with E-state index in [1.54, 1.807) is 0 Å². The van der Waals surface area contributed by atoms with Gasteiger partial charge in [-0.25, -0.2) is 0 Å². The molecule has 1 fully saturated rings. The van der Waals surface area contributed by atoms with Crippen LogP contribution in [-0.4, -0.2) is 36.5 Å². The molecule has 1 unspecified atom stereocenters. The molecule has 3 heteroatoms. The van der Waals surface area contributed by atoms with Gasteiger partial charge >= 0.3 is 0 Å². The molecule has 1 atom stereocenters. The lowest BCUT2D eigenvalue weighted by Gasteiger charge is -2.18. The number of carbonyl (C=O) groups is 1. The summed E-state index contributed by atoms with van der Waals surface area (Å²) >= 11 is 0. The molecule has 0 saturated carbocycles. The van der Waals surface area contributed by atoms with Gasteiger partial charge in [0.2, 0.25) is 5.91 Å². The van der Waals surface area contributed by atoms with Gasteiger partial charge < -0.3 is 10.2 Å². The smallest absolute Gasteiger partial charge is 0.236 e. The zero-order chi connectivity index (χ0) is 8.97. The van der Waals surface area contributed by atoms with Gasteiger partial charge in [0.05, 0.1) is 6.54 Å². The SMILES string of the molecule is CCCN1CCC(C)NCC1=O. The van der Waals surface area contributed by atoms with Crippen molar-refractivity contribution in [1.29, 1.82) is 0 Å². The fourth-order valence-corrected chi connectivity index (χ4v) is 1.46. The third kappa shape index (κ3) is 2.48. The van der Waals surface area contributed by atoms with Crippen molar-refractivity contribution in [2.24, 2.45) is 0 Å². The third-order valence-electron chi connectivity index (χ3n) is 2.28. The van der Waals surface area contributed by atoms with Gasteiger partial charge in [-0.2, -0.15) is 0 Å². The van der Waals surface area contributed by atoms with Crippen LogP contribution in [0.5, 0.6) is 0 Å². The van der Waals surface area contributed by atoms with Crippen molar-refractivity contribution in [3.8, 4) is 0 Å². The summed E-state index contributed by atoms with van der Waals surface area (Å²) in [4.78, 5) is 13.4. The maximum Gasteiger partial charge on any atom is 0.236 e. The lowest BCUT2D eigenvalue weighted by molar-refractivity contribution is -0.129. The lowest BCUT2D eigenvalue weighted by atomic mass is 10.2. The molecule has 0 aliphatic carbocycles. The van der Waals surface area contributed by atoms with Gasteiger partial charge in [0.15, 0.2) is 0 Å². The van der Waals surface area contributed by atoms with Crippen molar-refractivity contribution >= 4 is 5.91 Å². The number of nitrogens with one attached hydrogen (secondary N) is 1. The van der Waals surface area contributed by atoms with Crippen LogP contribution in [0.3, 0.4) is 0 Å². The minimum Gasteiger partial charge on any atom is -0.342 e. The molecule has 0 radical (unpaired) electrons. The second-order valence-corrected chi connectivity index (χ2v) is 3.45. The Balaban J connectivity index is 2.44. The summed E-state index contributed by atoms with van der Waals surface area (Å²) in [5, 5.41) is 3.19. The molecule has 0 spiro atoms. The lowest BCUT2D eigenvalue weighted by Crippen LogP contribution is -2.35. The molecule has 1 N–H and O–H groups in total. The highest BCUT2D eigenvalue weighted by Gasteiger charge is 2.17. The van der Waals surface area contributed by atoms with Crippen molar-refractivity contribution in [3.05, 3.63) is 0 Å². The molecule has 1 saturated heterocycles. The summed E-state index contributed by atoms with van der Waals surface area (Å²) < 4.78 is 0. The van der Waals surface area contributed by atoms with Crippen LogP contribution >= 0.6 is 0 Å². The van der Waals surface area contributed by atoms with Crippen molar-refractivity contribution in [1.82, 2.24) is 10.2 Å². The number of hydrogen-bond acceptors (Lipinski definition) is 2. The molecule has 1 amide bonds. The van der Waals surface area contributed by atoms with Gasteiger partial charge in [-0.3, -0.25) is 4.79 Å².